The molecule has 2 fully saturated rings. The molecule has 0 bridgehead atoms. The van der Waals surface area contributed by atoms with E-state index in [4.69, 9.17) is 9.57 Å². The molecule has 0 radical (unpaired) electrons. The molecule has 38 heavy (non-hydrogen) atoms. The van der Waals surface area contributed by atoms with Gasteiger partial charge in [0.2, 0.25) is 5.91 Å². The second kappa shape index (κ2) is 10.2. The molecule has 0 unspecified atom stereocenters. The smallest absolute Gasteiger partial charge is 0.311 e. The van der Waals surface area contributed by atoms with Crippen molar-refractivity contribution in [2.75, 3.05) is 20.2 Å². The fourth-order valence-corrected chi connectivity index (χ4v) is 6.08. The maximum atomic E-state index is 13.2. The fourth-order valence-electron chi connectivity index (χ4n) is 6.08. The van der Waals surface area contributed by atoms with Gasteiger partial charge in [-0.25, -0.2) is 5.06 Å². The largest absolute Gasteiger partial charge is 0.469 e. The summed E-state index contributed by atoms with van der Waals surface area (Å²) in [6.45, 7) is 2.57. The summed E-state index contributed by atoms with van der Waals surface area (Å²) >= 11 is 0. The molecule has 0 saturated carbocycles. The van der Waals surface area contributed by atoms with E-state index in [2.05, 4.69) is 58.4 Å². The summed E-state index contributed by atoms with van der Waals surface area (Å²) in [5, 5.41) is 4.92. The number of esters is 1. The van der Waals surface area contributed by atoms with E-state index in [-0.39, 0.29) is 24.9 Å². The van der Waals surface area contributed by atoms with Crippen LogP contribution >= 0.6 is 0 Å². The van der Waals surface area contributed by atoms with Gasteiger partial charge in [-0.05, 0) is 59.0 Å². The minimum atomic E-state index is -0.704. The van der Waals surface area contributed by atoms with Crippen LogP contribution in [0.2, 0.25) is 0 Å². The lowest BCUT2D eigenvalue weighted by Gasteiger charge is -2.45. The van der Waals surface area contributed by atoms with Crippen LogP contribution < -0.4 is 0 Å². The molecule has 1 amide bonds. The maximum absolute atomic E-state index is 13.2. The van der Waals surface area contributed by atoms with Crippen molar-refractivity contribution < 1.29 is 19.2 Å². The van der Waals surface area contributed by atoms with Crippen LogP contribution in [0.15, 0.2) is 79.0 Å². The third-order valence-corrected chi connectivity index (χ3v) is 8.11. The lowest BCUT2D eigenvalue weighted by molar-refractivity contribution is -0.229. The summed E-state index contributed by atoms with van der Waals surface area (Å²) in [6, 6.07) is 24.7. The topological polar surface area (TPSA) is 72.0 Å². The van der Waals surface area contributed by atoms with E-state index in [9.17, 15) is 9.59 Å². The van der Waals surface area contributed by atoms with Gasteiger partial charge >= 0.3 is 5.97 Å². The molecule has 4 aromatic rings. The van der Waals surface area contributed by atoms with Crippen LogP contribution in [0.4, 0.5) is 0 Å². The van der Waals surface area contributed by atoms with E-state index >= 15 is 0 Å². The van der Waals surface area contributed by atoms with Crippen molar-refractivity contribution >= 4 is 33.6 Å². The number of carbonyl (C=O) groups excluding carboxylic acids is 2. The predicted molar refractivity (Wildman–Crippen MR) is 145 cm³/mol. The maximum Gasteiger partial charge on any atom is 0.311 e. The summed E-state index contributed by atoms with van der Waals surface area (Å²) < 4.78 is 5.14. The first-order valence-electron chi connectivity index (χ1n) is 13.1. The van der Waals surface area contributed by atoms with E-state index in [1.54, 1.807) is 6.20 Å². The van der Waals surface area contributed by atoms with Gasteiger partial charge in [0.15, 0.2) is 0 Å². The third kappa shape index (κ3) is 4.52. The van der Waals surface area contributed by atoms with Crippen molar-refractivity contribution in [1.82, 2.24) is 14.9 Å². The Labute approximate surface area is 221 Å². The normalized spacial score (nSPS) is 19.4. The van der Waals surface area contributed by atoms with Crippen LogP contribution in [0.25, 0.3) is 21.7 Å². The average molecular weight is 510 g/mol. The molecule has 0 N–H and O–H groups in total. The number of aromatic nitrogens is 1. The number of nitrogens with zero attached hydrogens (tertiary/aromatic N) is 3. The molecule has 2 aliphatic heterocycles. The molecule has 2 aliphatic rings. The van der Waals surface area contributed by atoms with Gasteiger partial charge in [0.25, 0.3) is 0 Å². The number of rotatable bonds is 6. The van der Waals surface area contributed by atoms with Crippen LogP contribution in [0.3, 0.4) is 0 Å². The van der Waals surface area contributed by atoms with E-state index < -0.39 is 11.5 Å². The van der Waals surface area contributed by atoms with Gasteiger partial charge in [-0.2, -0.15) is 0 Å². The summed E-state index contributed by atoms with van der Waals surface area (Å²) in [5.41, 5.74) is 2.48. The Kier molecular flexibility index (Phi) is 6.55. The van der Waals surface area contributed by atoms with Crippen molar-refractivity contribution in [2.45, 2.75) is 38.0 Å². The second-order valence-electron chi connectivity index (χ2n) is 10.3. The number of piperidine rings is 1. The Morgan fingerprint density at radius 2 is 1.68 bits per heavy atom. The van der Waals surface area contributed by atoms with Gasteiger partial charge < -0.3 is 4.74 Å². The second-order valence-corrected chi connectivity index (χ2v) is 10.3. The van der Waals surface area contributed by atoms with Crippen molar-refractivity contribution in [3.63, 3.8) is 0 Å². The summed E-state index contributed by atoms with van der Waals surface area (Å²) in [6.07, 6.45) is 3.21. The molecule has 194 valence electrons. The Bertz CT molecular complexity index is 1500. The number of fused-ring (bicyclic) bond motifs is 2. The van der Waals surface area contributed by atoms with E-state index in [0.29, 0.717) is 12.8 Å². The number of ether oxygens (including phenoxy) is 1. The Hall–Kier alpha value is -3.81. The molecule has 6 rings (SSSR count). The lowest BCUT2D eigenvalue weighted by Crippen LogP contribution is -2.57. The number of hydroxylamine groups is 2. The Morgan fingerprint density at radius 1 is 0.947 bits per heavy atom. The molecule has 1 atom stereocenters. The molecule has 3 aromatic carbocycles. The van der Waals surface area contributed by atoms with Crippen molar-refractivity contribution in [2.24, 2.45) is 5.92 Å². The number of amides is 1. The monoisotopic (exact) mass is 509 g/mol. The first-order valence-corrected chi connectivity index (χ1v) is 13.1. The van der Waals surface area contributed by atoms with Crippen LogP contribution in [-0.2, 0) is 32.3 Å². The quantitative estimate of drug-likeness (QED) is 0.345. The minimum Gasteiger partial charge on any atom is -0.469 e. The Morgan fingerprint density at radius 3 is 2.50 bits per heavy atom. The summed E-state index contributed by atoms with van der Waals surface area (Å²) in [5.74, 6) is -1.03. The number of carbonyl (C=O) groups is 2. The SMILES string of the molecule is COC(=O)[C@H]1CC(=O)N(OCc2ccc3ccccc3c2)C12CCN(Cc1ccc3ncccc3c1)CC2. The van der Waals surface area contributed by atoms with Crippen molar-refractivity contribution in [3.8, 4) is 0 Å². The highest BCUT2D eigenvalue weighted by molar-refractivity contribution is 5.88. The van der Waals surface area contributed by atoms with Gasteiger partial charge in [-0.3, -0.25) is 24.3 Å². The lowest BCUT2D eigenvalue weighted by atomic mass is 9.77. The molecule has 7 nitrogen and oxygen atoms in total. The van der Waals surface area contributed by atoms with Crippen LogP contribution in [0, 0.1) is 5.92 Å². The van der Waals surface area contributed by atoms with E-state index in [1.165, 1.54) is 17.7 Å². The number of methoxy groups -OCH3 is 1. The molecule has 1 aromatic heterocycles. The fraction of sp³-hybridized carbons (Fsp3) is 0.323. The molecule has 7 heteroatoms. The predicted octanol–water partition coefficient (Wildman–Crippen LogP) is 4.88. The minimum absolute atomic E-state index is 0.113. The van der Waals surface area contributed by atoms with E-state index in [0.717, 1.165) is 46.9 Å². The zero-order valence-electron chi connectivity index (χ0n) is 21.5. The first-order chi connectivity index (χ1) is 18.6. The van der Waals surface area contributed by atoms with Crippen molar-refractivity contribution in [3.05, 3.63) is 90.1 Å². The molecular weight excluding hydrogens is 478 g/mol. The highest BCUT2D eigenvalue weighted by Crippen LogP contribution is 2.45. The Balaban J connectivity index is 1.19. The highest BCUT2D eigenvalue weighted by Gasteiger charge is 2.58. The van der Waals surface area contributed by atoms with Gasteiger partial charge in [-0.15, -0.1) is 0 Å². The van der Waals surface area contributed by atoms with Gasteiger partial charge in [0.1, 0.15) is 6.61 Å². The van der Waals surface area contributed by atoms with Gasteiger partial charge in [0.05, 0.1) is 24.1 Å². The molecule has 0 aliphatic carbocycles. The van der Waals surface area contributed by atoms with Gasteiger partial charge in [-0.1, -0.05) is 48.5 Å². The first kappa shape index (κ1) is 24.5. The average Bonchev–Trinajstić information content (AvgIpc) is 3.22. The number of pyridine rings is 1. The molecule has 3 heterocycles. The number of likely N-dealkylation sites (tertiary alicyclic amines) is 1. The summed E-state index contributed by atoms with van der Waals surface area (Å²) in [7, 11) is 1.39. The van der Waals surface area contributed by atoms with Crippen LogP contribution in [0.1, 0.15) is 30.4 Å². The zero-order chi connectivity index (χ0) is 26.1. The number of benzene rings is 3. The summed E-state index contributed by atoms with van der Waals surface area (Å²) in [4.78, 5) is 39.0. The molecular formula is C31H31N3O4. The standard InChI is InChI=1S/C31H31N3O4/c1-37-30(36)27-19-29(35)34(38-21-23-8-10-24-5-2-3-6-25(24)18-23)31(27)12-15-33(16-13-31)20-22-9-11-28-26(17-22)7-4-14-32-28/h2-11,14,17-18,27H,12-13,15-16,19-21H2,1H3/t27-/m1/s1. The molecule has 2 saturated heterocycles. The zero-order valence-corrected chi connectivity index (χ0v) is 21.5. The number of hydrogen-bond acceptors (Lipinski definition) is 6. The third-order valence-electron chi connectivity index (χ3n) is 8.11. The van der Waals surface area contributed by atoms with Crippen LogP contribution in [-0.4, -0.2) is 52.6 Å². The van der Waals surface area contributed by atoms with Gasteiger partial charge in [0, 0.05) is 37.6 Å². The number of hydrogen-bond donors (Lipinski definition) is 0. The van der Waals surface area contributed by atoms with Crippen molar-refractivity contribution in [1.29, 1.82) is 0 Å². The van der Waals surface area contributed by atoms with E-state index in [1.807, 2.05) is 24.3 Å². The van der Waals surface area contributed by atoms with Crippen LogP contribution in [0.5, 0.6) is 0 Å². The molecule has 1 spiro atoms. The highest BCUT2D eigenvalue weighted by atomic mass is 16.7.